The van der Waals surface area contributed by atoms with Crippen LogP contribution in [0.25, 0.3) is 0 Å². The third-order valence-electron chi connectivity index (χ3n) is 4.57. The molecule has 2 amide bonds. The lowest BCUT2D eigenvalue weighted by Gasteiger charge is -2.34. The zero-order valence-corrected chi connectivity index (χ0v) is 16.7. The van der Waals surface area contributed by atoms with E-state index in [0.717, 1.165) is 16.3 Å². The molecular weight excluding hydrogens is 370 g/mol. The topological polar surface area (TPSA) is 52.7 Å². The van der Waals surface area contributed by atoms with E-state index in [2.05, 4.69) is 16.8 Å². The molecule has 0 unspecified atom stereocenters. The Bertz CT molecular complexity index is 818. The summed E-state index contributed by atoms with van der Waals surface area (Å²) in [5.41, 5.74) is 1.54. The van der Waals surface area contributed by atoms with Crippen LogP contribution < -0.4 is 5.32 Å². The number of thioether (sulfide) groups is 1. The van der Waals surface area contributed by atoms with Gasteiger partial charge in [0.2, 0.25) is 5.91 Å². The minimum absolute atomic E-state index is 0.0329. The van der Waals surface area contributed by atoms with E-state index < -0.39 is 0 Å². The van der Waals surface area contributed by atoms with E-state index in [1.807, 2.05) is 65.6 Å². The predicted molar refractivity (Wildman–Crippen MR) is 115 cm³/mol. The number of rotatable bonds is 7. The minimum atomic E-state index is -0.0329. The van der Waals surface area contributed by atoms with Gasteiger partial charge in [-0.25, -0.2) is 0 Å². The molecule has 0 atom stereocenters. The molecule has 1 aliphatic rings. The molecule has 0 saturated carbocycles. The maximum absolute atomic E-state index is 12.5. The highest BCUT2D eigenvalue weighted by atomic mass is 32.2. The molecule has 1 saturated heterocycles. The first-order valence-corrected chi connectivity index (χ1v) is 10.3. The van der Waals surface area contributed by atoms with Gasteiger partial charge in [-0.2, -0.15) is 0 Å². The molecule has 5 nitrogen and oxygen atoms in total. The molecule has 1 aliphatic heterocycles. The van der Waals surface area contributed by atoms with Gasteiger partial charge < -0.3 is 10.2 Å². The maximum Gasteiger partial charge on any atom is 0.253 e. The number of nitrogens with zero attached hydrogens (tertiary/aromatic N) is 2. The molecular formula is C22H25N3O2S. The SMILES string of the molecule is C=CCSc1ccccc1NC(=O)CN1CCN(C(=O)c2ccccc2)CC1. The third-order valence-corrected chi connectivity index (χ3v) is 5.63. The molecule has 0 aliphatic carbocycles. The number of nitrogens with one attached hydrogen (secondary N) is 1. The first-order chi connectivity index (χ1) is 13.7. The third kappa shape index (κ3) is 5.47. The first kappa shape index (κ1) is 20.2. The number of benzene rings is 2. The fraction of sp³-hybridized carbons (Fsp3) is 0.273. The van der Waals surface area contributed by atoms with Crippen molar-refractivity contribution in [1.82, 2.24) is 9.80 Å². The maximum atomic E-state index is 12.5. The van der Waals surface area contributed by atoms with Crippen molar-refractivity contribution >= 4 is 29.3 Å². The van der Waals surface area contributed by atoms with Crippen LogP contribution in [0.2, 0.25) is 0 Å². The van der Waals surface area contributed by atoms with Crippen LogP contribution in [0.3, 0.4) is 0 Å². The van der Waals surface area contributed by atoms with E-state index in [4.69, 9.17) is 0 Å². The molecule has 0 radical (unpaired) electrons. The number of hydrogen-bond acceptors (Lipinski definition) is 4. The van der Waals surface area contributed by atoms with E-state index in [-0.39, 0.29) is 11.8 Å². The number of amides is 2. The monoisotopic (exact) mass is 395 g/mol. The van der Waals surface area contributed by atoms with E-state index >= 15 is 0 Å². The van der Waals surface area contributed by atoms with Gasteiger partial charge in [0.25, 0.3) is 5.91 Å². The molecule has 1 fully saturated rings. The lowest BCUT2D eigenvalue weighted by Crippen LogP contribution is -2.50. The largest absolute Gasteiger partial charge is 0.336 e. The van der Waals surface area contributed by atoms with Crippen molar-refractivity contribution in [3.05, 3.63) is 72.8 Å². The van der Waals surface area contributed by atoms with Gasteiger partial charge in [0, 0.05) is 42.4 Å². The van der Waals surface area contributed by atoms with Gasteiger partial charge in [-0.15, -0.1) is 18.3 Å². The quantitative estimate of drug-likeness (QED) is 0.577. The molecule has 0 spiro atoms. The molecule has 2 aromatic carbocycles. The smallest absolute Gasteiger partial charge is 0.253 e. The minimum Gasteiger partial charge on any atom is -0.336 e. The molecule has 1 N–H and O–H groups in total. The highest BCUT2D eigenvalue weighted by molar-refractivity contribution is 7.99. The number of para-hydroxylation sites is 1. The zero-order chi connectivity index (χ0) is 19.8. The molecule has 146 valence electrons. The Hall–Kier alpha value is -2.57. The van der Waals surface area contributed by atoms with Crippen LogP contribution in [0.15, 0.2) is 72.1 Å². The van der Waals surface area contributed by atoms with E-state index in [9.17, 15) is 9.59 Å². The summed E-state index contributed by atoms with van der Waals surface area (Å²) in [5.74, 6) is 0.817. The van der Waals surface area contributed by atoms with Crippen LogP contribution in [0.4, 0.5) is 5.69 Å². The molecule has 28 heavy (non-hydrogen) atoms. The van der Waals surface area contributed by atoms with Crippen molar-refractivity contribution in [2.45, 2.75) is 4.90 Å². The Morgan fingerprint density at radius 2 is 1.68 bits per heavy atom. The highest BCUT2D eigenvalue weighted by Gasteiger charge is 2.23. The fourth-order valence-corrected chi connectivity index (χ4v) is 3.86. The van der Waals surface area contributed by atoms with E-state index in [1.54, 1.807) is 11.8 Å². The van der Waals surface area contributed by atoms with Crippen LogP contribution in [0, 0.1) is 0 Å². The second-order valence-corrected chi connectivity index (χ2v) is 7.64. The van der Waals surface area contributed by atoms with Crippen LogP contribution in [0.5, 0.6) is 0 Å². The average Bonchev–Trinajstić information content (AvgIpc) is 2.74. The van der Waals surface area contributed by atoms with Gasteiger partial charge in [-0.1, -0.05) is 36.4 Å². The summed E-state index contributed by atoms with van der Waals surface area (Å²) in [6, 6.07) is 17.1. The number of carbonyl (C=O) groups excluding carboxylic acids is 2. The van der Waals surface area contributed by atoms with Gasteiger partial charge in [0.1, 0.15) is 0 Å². The van der Waals surface area contributed by atoms with Crippen molar-refractivity contribution in [1.29, 1.82) is 0 Å². The summed E-state index contributed by atoms with van der Waals surface area (Å²) in [6.07, 6.45) is 1.85. The van der Waals surface area contributed by atoms with Crippen molar-refractivity contribution < 1.29 is 9.59 Å². The molecule has 6 heteroatoms. The van der Waals surface area contributed by atoms with E-state index in [0.29, 0.717) is 38.3 Å². The molecule has 1 heterocycles. The van der Waals surface area contributed by atoms with Crippen LogP contribution in [-0.2, 0) is 4.79 Å². The highest BCUT2D eigenvalue weighted by Crippen LogP contribution is 2.26. The number of piperazine rings is 1. The summed E-state index contributed by atoms with van der Waals surface area (Å²) < 4.78 is 0. The lowest BCUT2D eigenvalue weighted by molar-refractivity contribution is -0.117. The van der Waals surface area contributed by atoms with Gasteiger partial charge in [0.05, 0.1) is 12.2 Å². The van der Waals surface area contributed by atoms with Crippen molar-refractivity contribution in [3.8, 4) is 0 Å². The molecule has 0 bridgehead atoms. The van der Waals surface area contributed by atoms with Crippen molar-refractivity contribution in [2.75, 3.05) is 43.8 Å². The summed E-state index contributed by atoms with van der Waals surface area (Å²) in [4.78, 5) is 30.0. The van der Waals surface area contributed by atoms with Crippen molar-refractivity contribution in [3.63, 3.8) is 0 Å². The Balaban J connectivity index is 1.49. The summed E-state index contributed by atoms with van der Waals surface area (Å²) in [7, 11) is 0. The fourth-order valence-electron chi connectivity index (χ4n) is 3.11. The first-order valence-electron chi connectivity index (χ1n) is 9.36. The number of anilines is 1. The lowest BCUT2D eigenvalue weighted by atomic mass is 10.2. The Kier molecular flexibility index (Phi) is 7.28. The zero-order valence-electron chi connectivity index (χ0n) is 15.8. The van der Waals surface area contributed by atoms with Gasteiger partial charge >= 0.3 is 0 Å². The summed E-state index contributed by atoms with van der Waals surface area (Å²) in [5, 5.41) is 3.01. The summed E-state index contributed by atoms with van der Waals surface area (Å²) in [6.45, 7) is 6.72. The Morgan fingerprint density at radius 3 is 2.39 bits per heavy atom. The van der Waals surface area contributed by atoms with Gasteiger partial charge in [-0.05, 0) is 24.3 Å². The molecule has 2 aromatic rings. The van der Waals surface area contributed by atoms with Crippen LogP contribution >= 0.6 is 11.8 Å². The normalized spacial score (nSPS) is 14.5. The number of carbonyl (C=O) groups is 2. The second kappa shape index (κ2) is 10.1. The van der Waals surface area contributed by atoms with Gasteiger partial charge in [0.15, 0.2) is 0 Å². The molecule has 0 aromatic heterocycles. The van der Waals surface area contributed by atoms with E-state index in [1.165, 1.54) is 0 Å². The predicted octanol–water partition coefficient (Wildman–Crippen LogP) is 3.36. The standard InChI is InChI=1S/C22H25N3O2S/c1-2-16-28-20-11-7-6-10-19(20)23-21(26)17-24-12-14-25(15-13-24)22(27)18-8-4-3-5-9-18/h2-11H,1,12-17H2,(H,23,26). The van der Waals surface area contributed by atoms with Gasteiger partial charge in [-0.3, -0.25) is 14.5 Å². The van der Waals surface area contributed by atoms with Crippen molar-refractivity contribution in [2.24, 2.45) is 0 Å². The molecule has 3 rings (SSSR count). The second-order valence-electron chi connectivity index (χ2n) is 6.58. The van der Waals surface area contributed by atoms with Crippen LogP contribution in [-0.4, -0.2) is 60.1 Å². The van der Waals surface area contributed by atoms with Crippen LogP contribution in [0.1, 0.15) is 10.4 Å². The summed E-state index contributed by atoms with van der Waals surface area (Å²) >= 11 is 1.65. The Morgan fingerprint density at radius 1 is 1.00 bits per heavy atom. The average molecular weight is 396 g/mol. The number of hydrogen-bond donors (Lipinski definition) is 1. The Labute approximate surface area is 170 Å².